The van der Waals surface area contributed by atoms with Gasteiger partial charge in [-0.1, -0.05) is 6.42 Å². The van der Waals surface area contributed by atoms with Gasteiger partial charge in [-0.25, -0.2) is 0 Å². The molecule has 3 aliphatic rings. The molecule has 3 heterocycles. The molecular formula is C18H35Cl2N3O2. The Balaban J connectivity index is 0.00000156. The van der Waals surface area contributed by atoms with Crippen LogP contribution in [-0.2, 0) is 9.53 Å². The second-order valence-corrected chi connectivity index (χ2v) is 7.62. The van der Waals surface area contributed by atoms with Crippen LogP contribution in [0.5, 0.6) is 0 Å². The Hall–Kier alpha value is -0.0700. The van der Waals surface area contributed by atoms with Crippen LogP contribution in [0, 0.1) is 5.92 Å². The van der Waals surface area contributed by atoms with Crippen molar-refractivity contribution < 1.29 is 9.53 Å². The minimum atomic E-state index is 0. The Labute approximate surface area is 165 Å². The fourth-order valence-electron chi connectivity index (χ4n) is 4.29. The maximum Gasteiger partial charge on any atom is 0.224 e. The van der Waals surface area contributed by atoms with E-state index >= 15 is 0 Å². The fraction of sp³-hybridized carbons (Fsp3) is 0.944. The molecule has 0 aromatic rings. The van der Waals surface area contributed by atoms with Gasteiger partial charge in [0.05, 0.1) is 13.2 Å². The van der Waals surface area contributed by atoms with Gasteiger partial charge < -0.3 is 19.9 Å². The summed E-state index contributed by atoms with van der Waals surface area (Å²) in [6.45, 7) is 8.99. The molecule has 3 atom stereocenters. The van der Waals surface area contributed by atoms with Crippen LogP contribution in [0.1, 0.15) is 45.4 Å². The van der Waals surface area contributed by atoms with Crippen LogP contribution in [0.25, 0.3) is 0 Å². The van der Waals surface area contributed by atoms with Crippen LogP contribution >= 0.6 is 24.8 Å². The zero-order chi connectivity index (χ0) is 16.1. The van der Waals surface area contributed by atoms with Gasteiger partial charge in [-0.2, -0.15) is 0 Å². The van der Waals surface area contributed by atoms with Crippen molar-refractivity contribution in [2.75, 3.05) is 45.9 Å². The van der Waals surface area contributed by atoms with Crippen molar-refractivity contribution in [3.8, 4) is 0 Å². The predicted molar refractivity (Wildman–Crippen MR) is 106 cm³/mol. The summed E-state index contributed by atoms with van der Waals surface area (Å²) in [6, 6.07) is 0.928. The molecule has 1 amide bonds. The van der Waals surface area contributed by atoms with Crippen molar-refractivity contribution in [3.05, 3.63) is 0 Å². The van der Waals surface area contributed by atoms with E-state index in [1.807, 2.05) is 0 Å². The van der Waals surface area contributed by atoms with E-state index in [0.717, 1.165) is 38.7 Å². The Kier molecular flexibility index (Phi) is 10.7. The summed E-state index contributed by atoms with van der Waals surface area (Å²) in [7, 11) is 0. The number of likely N-dealkylation sites (tertiary alicyclic amines) is 2. The van der Waals surface area contributed by atoms with Crippen LogP contribution in [-0.4, -0.2) is 73.7 Å². The monoisotopic (exact) mass is 395 g/mol. The molecular weight excluding hydrogens is 361 g/mol. The molecule has 0 bridgehead atoms. The number of halogens is 2. The molecule has 1 N–H and O–H groups in total. The van der Waals surface area contributed by atoms with E-state index < -0.39 is 0 Å². The number of morpholine rings is 1. The van der Waals surface area contributed by atoms with Gasteiger partial charge >= 0.3 is 0 Å². The third-order valence-electron chi connectivity index (χ3n) is 5.72. The lowest BCUT2D eigenvalue weighted by atomic mass is 9.94. The second-order valence-electron chi connectivity index (χ2n) is 7.62. The Bertz CT molecular complexity index is 395. The van der Waals surface area contributed by atoms with Crippen LogP contribution in [0.3, 0.4) is 0 Å². The van der Waals surface area contributed by atoms with Crippen molar-refractivity contribution in [1.82, 2.24) is 15.1 Å². The molecule has 148 valence electrons. The lowest BCUT2D eigenvalue weighted by Crippen LogP contribution is -2.49. The number of amides is 1. The highest BCUT2D eigenvalue weighted by Crippen LogP contribution is 2.23. The van der Waals surface area contributed by atoms with E-state index in [1.54, 1.807) is 0 Å². The third-order valence-corrected chi connectivity index (χ3v) is 5.72. The van der Waals surface area contributed by atoms with Gasteiger partial charge in [0, 0.05) is 44.7 Å². The highest BCUT2D eigenvalue weighted by atomic mass is 35.5. The Morgan fingerprint density at radius 2 is 2.00 bits per heavy atom. The molecule has 0 saturated carbocycles. The summed E-state index contributed by atoms with van der Waals surface area (Å²) in [5, 5.41) is 3.39. The third kappa shape index (κ3) is 6.87. The first-order chi connectivity index (χ1) is 11.2. The van der Waals surface area contributed by atoms with Crippen LogP contribution in [0.4, 0.5) is 0 Å². The quantitative estimate of drug-likeness (QED) is 0.792. The van der Waals surface area contributed by atoms with Crippen molar-refractivity contribution in [3.63, 3.8) is 0 Å². The molecule has 3 fully saturated rings. The van der Waals surface area contributed by atoms with E-state index in [1.165, 1.54) is 38.8 Å². The number of rotatable bonds is 4. The first-order valence-corrected chi connectivity index (χ1v) is 9.55. The number of nitrogens with zero attached hydrogens (tertiary/aromatic N) is 2. The number of carbonyl (C=O) groups excluding carboxylic acids is 1. The average Bonchev–Trinajstić information content (AvgIpc) is 2.58. The topological polar surface area (TPSA) is 44.8 Å². The van der Waals surface area contributed by atoms with E-state index in [4.69, 9.17) is 4.74 Å². The Morgan fingerprint density at radius 1 is 1.16 bits per heavy atom. The molecule has 0 spiro atoms. The molecule has 25 heavy (non-hydrogen) atoms. The SMILES string of the molecule is CC1CCCCN1CC1CCCN(C(=O)CC2COCCN2)C1.Cl.Cl. The van der Waals surface area contributed by atoms with Gasteiger partial charge in [-0.3, -0.25) is 4.79 Å². The fourth-order valence-corrected chi connectivity index (χ4v) is 4.29. The van der Waals surface area contributed by atoms with Crippen LogP contribution in [0.2, 0.25) is 0 Å². The van der Waals surface area contributed by atoms with Crippen molar-refractivity contribution in [1.29, 1.82) is 0 Å². The zero-order valence-electron chi connectivity index (χ0n) is 15.5. The van der Waals surface area contributed by atoms with Crippen molar-refractivity contribution in [2.24, 2.45) is 5.92 Å². The number of ether oxygens (including phenoxy) is 1. The molecule has 7 heteroatoms. The molecule has 3 unspecified atom stereocenters. The number of nitrogens with one attached hydrogen (secondary N) is 1. The van der Waals surface area contributed by atoms with Crippen LogP contribution < -0.4 is 5.32 Å². The summed E-state index contributed by atoms with van der Waals surface area (Å²) in [5.74, 6) is 0.966. The van der Waals surface area contributed by atoms with Crippen LogP contribution in [0.15, 0.2) is 0 Å². The van der Waals surface area contributed by atoms with E-state index in [2.05, 4.69) is 22.0 Å². The molecule has 0 radical (unpaired) electrons. The van der Waals surface area contributed by atoms with Gasteiger partial charge in [-0.05, 0) is 45.1 Å². The van der Waals surface area contributed by atoms with Crippen molar-refractivity contribution >= 4 is 30.7 Å². The van der Waals surface area contributed by atoms with Crippen molar-refractivity contribution in [2.45, 2.75) is 57.5 Å². The smallest absolute Gasteiger partial charge is 0.224 e. The molecule has 5 nitrogen and oxygen atoms in total. The second kappa shape index (κ2) is 11.6. The Morgan fingerprint density at radius 3 is 2.72 bits per heavy atom. The van der Waals surface area contributed by atoms with E-state index in [-0.39, 0.29) is 30.9 Å². The summed E-state index contributed by atoms with van der Waals surface area (Å²) >= 11 is 0. The first kappa shape index (κ1) is 23.0. The van der Waals surface area contributed by atoms with Gasteiger partial charge in [-0.15, -0.1) is 24.8 Å². The summed E-state index contributed by atoms with van der Waals surface area (Å²) in [5.41, 5.74) is 0. The molecule has 0 aliphatic carbocycles. The molecule has 3 rings (SSSR count). The summed E-state index contributed by atoms with van der Waals surface area (Å²) < 4.78 is 5.46. The number of piperidine rings is 2. The largest absolute Gasteiger partial charge is 0.378 e. The standard InChI is InChI=1S/C18H33N3O2.2ClH/c1-15-5-2-3-8-20(15)12-16-6-4-9-21(13-16)18(22)11-17-14-23-10-7-19-17;;/h15-17,19H,2-14H2,1H3;2*1H. The maximum atomic E-state index is 12.6. The number of carbonyl (C=O) groups is 1. The number of hydrogen-bond acceptors (Lipinski definition) is 4. The zero-order valence-corrected chi connectivity index (χ0v) is 17.1. The van der Waals surface area contributed by atoms with Gasteiger partial charge in [0.1, 0.15) is 0 Å². The molecule has 3 saturated heterocycles. The minimum absolute atomic E-state index is 0. The van der Waals surface area contributed by atoms with E-state index in [9.17, 15) is 4.79 Å². The summed E-state index contributed by atoms with van der Waals surface area (Å²) in [4.78, 5) is 17.3. The molecule has 0 aromatic carbocycles. The van der Waals surface area contributed by atoms with Gasteiger partial charge in [0.25, 0.3) is 0 Å². The van der Waals surface area contributed by atoms with Gasteiger partial charge in [0.2, 0.25) is 5.91 Å². The van der Waals surface area contributed by atoms with E-state index in [0.29, 0.717) is 24.9 Å². The lowest BCUT2D eigenvalue weighted by Gasteiger charge is -2.40. The van der Waals surface area contributed by atoms with Gasteiger partial charge in [0.15, 0.2) is 0 Å². The average molecular weight is 396 g/mol. The summed E-state index contributed by atoms with van der Waals surface area (Å²) in [6.07, 6.45) is 7.08. The minimum Gasteiger partial charge on any atom is -0.378 e. The normalized spacial score (nSPS) is 30.9. The molecule has 0 aromatic heterocycles. The highest BCUT2D eigenvalue weighted by Gasteiger charge is 2.28. The molecule has 3 aliphatic heterocycles. The maximum absolute atomic E-state index is 12.6. The first-order valence-electron chi connectivity index (χ1n) is 9.55. The predicted octanol–water partition coefficient (Wildman–Crippen LogP) is 2.32. The highest BCUT2D eigenvalue weighted by molar-refractivity contribution is 5.85. The lowest BCUT2D eigenvalue weighted by molar-refractivity contribution is -0.134. The number of hydrogen-bond donors (Lipinski definition) is 1.